The molecule has 7 heteroatoms. The van der Waals surface area contributed by atoms with Crippen molar-refractivity contribution in [3.05, 3.63) is 34.9 Å². The van der Waals surface area contributed by atoms with E-state index in [-0.39, 0.29) is 18.4 Å². The van der Waals surface area contributed by atoms with Crippen LogP contribution in [0.2, 0.25) is 0 Å². The minimum absolute atomic E-state index is 0.0333. The second-order valence-corrected chi connectivity index (χ2v) is 5.34. The Balaban J connectivity index is 1.96. The molecule has 0 spiro atoms. The van der Waals surface area contributed by atoms with Gasteiger partial charge in [0.15, 0.2) is 0 Å². The first-order valence-electron chi connectivity index (χ1n) is 7.46. The van der Waals surface area contributed by atoms with E-state index < -0.39 is 5.97 Å². The summed E-state index contributed by atoms with van der Waals surface area (Å²) in [5.74, 6) is -1.24. The lowest BCUT2D eigenvalue weighted by Crippen LogP contribution is -2.43. The predicted octanol–water partition coefficient (Wildman–Crippen LogP) is 1.41. The quantitative estimate of drug-likeness (QED) is 0.631. The van der Waals surface area contributed by atoms with E-state index in [4.69, 9.17) is 9.84 Å². The summed E-state index contributed by atoms with van der Waals surface area (Å²) in [4.78, 5) is 36.0. The molecule has 23 heavy (non-hydrogen) atoms. The van der Waals surface area contributed by atoms with Gasteiger partial charge in [0, 0.05) is 26.1 Å². The van der Waals surface area contributed by atoms with Crippen LogP contribution in [0.5, 0.6) is 0 Å². The number of urea groups is 1. The maximum absolute atomic E-state index is 12.1. The molecular formula is C16H20N2O5. The fourth-order valence-electron chi connectivity index (χ4n) is 2.63. The van der Waals surface area contributed by atoms with Crippen LogP contribution < -0.4 is 5.32 Å². The Labute approximate surface area is 134 Å². The third-order valence-corrected chi connectivity index (χ3v) is 3.80. The van der Waals surface area contributed by atoms with Crippen LogP contribution in [0.4, 0.5) is 4.79 Å². The molecule has 7 nitrogen and oxygen atoms in total. The smallest absolute Gasteiger partial charge is 0.338 e. The summed E-state index contributed by atoms with van der Waals surface area (Å²) >= 11 is 0. The van der Waals surface area contributed by atoms with Crippen LogP contribution >= 0.6 is 0 Å². The standard InChI is InChI=1S/C16H20N2O5/c1-23-15(21)13-5-2-4-11-10-18(9-7-12(11)13)16(22)17-8-3-6-14(19)20/h2,4-5H,3,6-10H2,1H3,(H,17,22)(H,19,20). The molecule has 0 aliphatic carbocycles. The first-order valence-corrected chi connectivity index (χ1v) is 7.46. The van der Waals surface area contributed by atoms with Gasteiger partial charge in [-0.25, -0.2) is 9.59 Å². The number of nitrogens with zero attached hydrogens (tertiary/aromatic N) is 1. The largest absolute Gasteiger partial charge is 0.481 e. The van der Waals surface area contributed by atoms with Crippen molar-refractivity contribution < 1.29 is 24.2 Å². The summed E-state index contributed by atoms with van der Waals surface area (Å²) in [5.41, 5.74) is 2.40. The number of esters is 1. The van der Waals surface area contributed by atoms with Crippen LogP contribution in [0.15, 0.2) is 18.2 Å². The molecule has 1 aromatic carbocycles. The fraction of sp³-hybridized carbons (Fsp3) is 0.438. The number of carbonyl (C=O) groups is 3. The number of fused-ring (bicyclic) bond motifs is 1. The summed E-state index contributed by atoms with van der Waals surface area (Å²) in [6, 6.07) is 5.18. The van der Waals surface area contributed by atoms with E-state index in [0.29, 0.717) is 38.0 Å². The molecule has 1 heterocycles. The van der Waals surface area contributed by atoms with Gasteiger partial charge in [0.25, 0.3) is 0 Å². The molecule has 0 bridgehead atoms. The van der Waals surface area contributed by atoms with E-state index >= 15 is 0 Å². The lowest BCUT2D eigenvalue weighted by Gasteiger charge is -2.29. The molecule has 0 saturated carbocycles. The Bertz CT molecular complexity index is 614. The Kier molecular flexibility index (Phi) is 5.56. The highest BCUT2D eigenvalue weighted by atomic mass is 16.5. The summed E-state index contributed by atoms with van der Waals surface area (Å²) in [6.45, 7) is 1.26. The highest BCUT2D eigenvalue weighted by Gasteiger charge is 2.24. The van der Waals surface area contributed by atoms with Gasteiger partial charge in [0.2, 0.25) is 0 Å². The number of aliphatic carboxylic acids is 1. The molecule has 124 valence electrons. The molecule has 2 amide bonds. The number of carbonyl (C=O) groups excluding carboxylic acids is 2. The lowest BCUT2D eigenvalue weighted by atomic mass is 9.94. The maximum Gasteiger partial charge on any atom is 0.338 e. The van der Waals surface area contributed by atoms with Crippen LogP contribution in [0, 0.1) is 0 Å². The van der Waals surface area contributed by atoms with Crippen molar-refractivity contribution in [2.24, 2.45) is 0 Å². The minimum atomic E-state index is -0.874. The zero-order valence-corrected chi connectivity index (χ0v) is 13.0. The van der Waals surface area contributed by atoms with Gasteiger partial charge in [0.05, 0.1) is 12.7 Å². The Morgan fingerprint density at radius 1 is 1.35 bits per heavy atom. The number of methoxy groups -OCH3 is 1. The Morgan fingerprint density at radius 2 is 2.13 bits per heavy atom. The van der Waals surface area contributed by atoms with Crippen molar-refractivity contribution in [1.82, 2.24) is 10.2 Å². The molecule has 1 aromatic rings. The number of carboxylic acids is 1. The van der Waals surface area contributed by atoms with Crippen LogP contribution in [0.25, 0.3) is 0 Å². The molecule has 0 radical (unpaired) electrons. The average Bonchev–Trinajstić information content (AvgIpc) is 2.56. The van der Waals surface area contributed by atoms with E-state index in [2.05, 4.69) is 5.32 Å². The van der Waals surface area contributed by atoms with Gasteiger partial charge in [-0.3, -0.25) is 4.79 Å². The minimum Gasteiger partial charge on any atom is -0.481 e. The van der Waals surface area contributed by atoms with Gasteiger partial charge in [0.1, 0.15) is 0 Å². The van der Waals surface area contributed by atoms with Crippen LogP contribution in [0.3, 0.4) is 0 Å². The summed E-state index contributed by atoms with van der Waals surface area (Å²) in [5, 5.41) is 11.3. The van der Waals surface area contributed by atoms with Gasteiger partial charge in [-0.15, -0.1) is 0 Å². The number of nitrogens with one attached hydrogen (secondary N) is 1. The number of ether oxygens (including phenoxy) is 1. The number of benzene rings is 1. The van der Waals surface area contributed by atoms with Crippen molar-refractivity contribution in [3.63, 3.8) is 0 Å². The van der Waals surface area contributed by atoms with E-state index in [1.54, 1.807) is 17.0 Å². The molecule has 0 saturated heterocycles. The summed E-state index contributed by atoms with van der Waals surface area (Å²) in [6.07, 6.45) is 1.02. The number of rotatable bonds is 5. The zero-order valence-electron chi connectivity index (χ0n) is 13.0. The Hall–Kier alpha value is -2.57. The molecule has 0 atom stereocenters. The first-order chi connectivity index (χ1) is 11.0. The van der Waals surface area contributed by atoms with Gasteiger partial charge >= 0.3 is 18.0 Å². The molecule has 2 rings (SSSR count). The molecule has 1 aliphatic heterocycles. The van der Waals surface area contributed by atoms with E-state index in [1.165, 1.54) is 7.11 Å². The normalized spacial score (nSPS) is 13.2. The number of carboxylic acid groups (broad SMARTS) is 1. The summed E-state index contributed by atoms with van der Waals surface area (Å²) < 4.78 is 4.78. The van der Waals surface area contributed by atoms with E-state index in [0.717, 1.165) is 11.1 Å². The SMILES string of the molecule is COC(=O)c1cccc2c1CCN(C(=O)NCCCC(=O)O)C2. The zero-order chi connectivity index (χ0) is 16.8. The van der Waals surface area contributed by atoms with Crippen LogP contribution in [-0.2, 0) is 22.5 Å². The monoisotopic (exact) mass is 320 g/mol. The van der Waals surface area contributed by atoms with Crippen LogP contribution in [-0.4, -0.2) is 48.2 Å². The van der Waals surface area contributed by atoms with Gasteiger partial charge < -0.3 is 20.1 Å². The third-order valence-electron chi connectivity index (χ3n) is 3.80. The molecule has 0 aromatic heterocycles. The Morgan fingerprint density at radius 3 is 2.83 bits per heavy atom. The van der Waals surface area contributed by atoms with Crippen molar-refractivity contribution >= 4 is 18.0 Å². The highest BCUT2D eigenvalue weighted by molar-refractivity contribution is 5.91. The van der Waals surface area contributed by atoms with Crippen molar-refractivity contribution in [3.8, 4) is 0 Å². The third kappa shape index (κ3) is 4.21. The second-order valence-electron chi connectivity index (χ2n) is 5.34. The second kappa shape index (κ2) is 7.62. The van der Waals surface area contributed by atoms with E-state index in [1.807, 2.05) is 6.07 Å². The van der Waals surface area contributed by atoms with E-state index in [9.17, 15) is 14.4 Å². The van der Waals surface area contributed by atoms with Crippen molar-refractivity contribution in [1.29, 1.82) is 0 Å². The molecular weight excluding hydrogens is 300 g/mol. The van der Waals surface area contributed by atoms with Gasteiger partial charge in [-0.2, -0.15) is 0 Å². The molecule has 2 N–H and O–H groups in total. The lowest BCUT2D eigenvalue weighted by molar-refractivity contribution is -0.137. The molecule has 1 aliphatic rings. The number of hydrogen-bond acceptors (Lipinski definition) is 4. The molecule has 0 fully saturated rings. The molecule has 0 unspecified atom stereocenters. The van der Waals surface area contributed by atoms with Gasteiger partial charge in [-0.05, 0) is 30.0 Å². The van der Waals surface area contributed by atoms with Gasteiger partial charge in [-0.1, -0.05) is 12.1 Å². The number of hydrogen-bond donors (Lipinski definition) is 2. The van der Waals surface area contributed by atoms with Crippen LogP contribution in [0.1, 0.15) is 34.3 Å². The van der Waals surface area contributed by atoms with Crippen molar-refractivity contribution in [2.75, 3.05) is 20.2 Å². The predicted molar refractivity (Wildman–Crippen MR) is 82.2 cm³/mol. The first kappa shape index (κ1) is 16.8. The maximum atomic E-state index is 12.1. The summed E-state index contributed by atoms with van der Waals surface area (Å²) in [7, 11) is 1.35. The average molecular weight is 320 g/mol. The fourth-order valence-corrected chi connectivity index (χ4v) is 2.63. The topological polar surface area (TPSA) is 95.9 Å². The highest BCUT2D eigenvalue weighted by Crippen LogP contribution is 2.23. The number of amides is 2. The van der Waals surface area contributed by atoms with Crippen molar-refractivity contribution in [2.45, 2.75) is 25.8 Å².